The van der Waals surface area contributed by atoms with Gasteiger partial charge >= 0.3 is 6.09 Å². The quantitative estimate of drug-likeness (QED) is 0.853. The third-order valence-corrected chi connectivity index (χ3v) is 2.97. The number of para-hydroxylation sites is 1. The van der Waals surface area contributed by atoms with Gasteiger partial charge in [0.1, 0.15) is 6.10 Å². The molecule has 0 saturated carbocycles. The topological polar surface area (TPSA) is 50.4 Å². The molecule has 1 heterocycles. The maximum Gasteiger partial charge on any atom is 0.411 e. The number of hydrogen-bond donors (Lipinski definition) is 2. The van der Waals surface area contributed by atoms with Gasteiger partial charge in [-0.25, -0.2) is 4.79 Å². The molecular formula is C12H15ClN2O2. The third-order valence-electron chi connectivity index (χ3n) is 2.64. The van der Waals surface area contributed by atoms with Gasteiger partial charge in [0, 0.05) is 6.54 Å². The number of rotatable bonds is 2. The van der Waals surface area contributed by atoms with Gasteiger partial charge in [-0.3, -0.25) is 5.32 Å². The first-order valence-corrected chi connectivity index (χ1v) is 6.06. The van der Waals surface area contributed by atoms with E-state index in [1.807, 2.05) is 12.1 Å². The van der Waals surface area contributed by atoms with E-state index in [2.05, 4.69) is 10.6 Å². The van der Waals surface area contributed by atoms with E-state index in [9.17, 15) is 4.79 Å². The Morgan fingerprint density at radius 2 is 2.29 bits per heavy atom. The van der Waals surface area contributed by atoms with Crippen LogP contribution >= 0.6 is 11.6 Å². The molecule has 0 radical (unpaired) electrons. The van der Waals surface area contributed by atoms with E-state index in [0.717, 1.165) is 25.9 Å². The smallest absolute Gasteiger partial charge is 0.411 e. The van der Waals surface area contributed by atoms with Gasteiger partial charge in [-0.05, 0) is 31.5 Å². The number of carbonyl (C=O) groups is 1. The highest BCUT2D eigenvalue weighted by molar-refractivity contribution is 6.33. The summed E-state index contributed by atoms with van der Waals surface area (Å²) in [4.78, 5) is 11.6. The maximum atomic E-state index is 11.6. The molecule has 17 heavy (non-hydrogen) atoms. The molecule has 1 aliphatic rings. The number of anilines is 1. The Bertz CT molecular complexity index is 392. The molecular weight excluding hydrogens is 240 g/mol. The van der Waals surface area contributed by atoms with Crippen LogP contribution in [0, 0.1) is 0 Å². The van der Waals surface area contributed by atoms with Crippen molar-refractivity contribution >= 4 is 23.4 Å². The lowest BCUT2D eigenvalue weighted by Crippen LogP contribution is -2.37. The van der Waals surface area contributed by atoms with E-state index in [1.54, 1.807) is 12.1 Å². The summed E-state index contributed by atoms with van der Waals surface area (Å²) in [6.07, 6.45) is 1.44. The van der Waals surface area contributed by atoms with E-state index < -0.39 is 6.09 Å². The fourth-order valence-electron chi connectivity index (χ4n) is 1.77. The SMILES string of the molecule is O=C(Nc1ccccc1Cl)O[C@H]1CCCNC1. The van der Waals surface area contributed by atoms with Crippen molar-refractivity contribution in [2.75, 3.05) is 18.4 Å². The molecule has 2 rings (SSSR count). The van der Waals surface area contributed by atoms with Crippen molar-refractivity contribution in [2.24, 2.45) is 0 Å². The Balaban J connectivity index is 1.86. The Kier molecular flexibility index (Phi) is 4.23. The Morgan fingerprint density at radius 1 is 1.47 bits per heavy atom. The molecule has 5 heteroatoms. The third kappa shape index (κ3) is 3.61. The fourth-order valence-corrected chi connectivity index (χ4v) is 1.96. The highest BCUT2D eigenvalue weighted by Gasteiger charge is 2.17. The fraction of sp³-hybridized carbons (Fsp3) is 0.417. The summed E-state index contributed by atoms with van der Waals surface area (Å²) in [5.41, 5.74) is 0.572. The first-order chi connectivity index (χ1) is 8.25. The number of halogens is 1. The van der Waals surface area contributed by atoms with Crippen molar-refractivity contribution in [2.45, 2.75) is 18.9 Å². The monoisotopic (exact) mass is 254 g/mol. The number of piperidine rings is 1. The molecule has 1 aliphatic heterocycles. The molecule has 0 unspecified atom stereocenters. The Hall–Kier alpha value is -1.26. The van der Waals surface area contributed by atoms with Crippen molar-refractivity contribution in [1.29, 1.82) is 0 Å². The molecule has 2 N–H and O–H groups in total. The van der Waals surface area contributed by atoms with Crippen LogP contribution in [0.2, 0.25) is 5.02 Å². The maximum absolute atomic E-state index is 11.6. The molecule has 0 aromatic heterocycles. The van der Waals surface area contributed by atoms with Crippen LogP contribution in [0.3, 0.4) is 0 Å². The van der Waals surface area contributed by atoms with E-state index in [4.69, 9.17) is 16.3 Å². The average Bonchev–Trinajstić information content (AvgIpc) is 2.33. The molecule has 92 valence electrons. The van der Waals surface area contributed by atoms with Crippen molar-refractivity contribution in [1.82, 2.24) is 5.32 Å². The standard InChI is InChI=1S/C12H15ClN2O2/c13-10-5-1-2-6-11(10)15-12(16)17-9-4-3-7-14-8-9/h1-2,5-6,9,14H,3-4,7-8H2,(H,15,16)/t9-/m0/s1. The van der Waals surface area contributed by atoms with E-state index in [1.165, 1.54) is 0 Å². The summed E-state index contributed by atoms with van der Waals surface area (Å²) in [5.74, 6) is 0. The van der Waals surface area contributed by atoms with Crippen molar-refractivity contribution in [3.05, 3.63) is 29.3 Å². The van der Waals surface area contributed by atoms with Gasteiger partial charge in [0.25, 0.3) is 0 Å². The predicted molar refractivity (Wildman–Crippen MR) is 67.4 cm³/mol. The molecule has 4 nitrogen and oxygen atoms in total. The van der Waals surface area contributed by atoms with E-state index in [-0.39, 0.29) is 6.10 Å². The van der Waals surface area contributed by atoms with Gasteiger partial charge in [0.2, 0.25) is 0 Å². The average molecular weight is 255 g/mol. The summed E-state index contributed by atoms with van der Waals surface area (Å²) in [7, 11) is 0. The number of carbonyl (C=O) groups excluding carboxylic acids is 1. The van der Waals surface area contributed by atoms with Crippen LogP contribution in [0.15, 0.2) is 24.3 Å². The molecule has 1 atom stereocenters. The second kappa shape index (κ2) is 5.89. The summed E-state index contributed by atoms with van der Waals surface area (Å²) < 4.78 is 5.28. The predicted octanol–water partition coefficient (Wildman–Crippen LogP) is 2.64. The minimum absolute atomic E-state index is 0.0498. The largest absolute Gasteiger partial charge is 0.445 e. The lowest BCUT2D eigenvalue weighted by Gasteiger charge is -2.22. The van der Waals surface area contributed by atoms with Crippen LogP contribution in [-0.2, 0) is 4.74 Å². The van der Waals surface area contributed by atoms with Gasteiger partial charge in [0.05, 0.1) is 10.7 Å². The van der Waals surface area contributed by atoms with E-state index >= 15 is 0 Å². The first kappa shape index (κ1) is 12.2. The summed E-state index contributed by atoms with van der Waals surface area (Å²) in [6.45, 7) is 1.71. The van der Waals surface area contributed by atoms with Crippen LogP contribution in [-0.4, -0.2) is 25.3 Å². The Morgan fingerprint density at radius 3 is 3.00 bits per heavy atom. The van der Waals surface area contributed by atoms with Gasteiger partial charge in [0.15, 0.2) is 0 Å². The van der Waals surface area contributed by atoms with Crippen LogP contribution in [0.5, 0.6) is 0 Å². The van der Waals surface area contributed by atoms with Crippen molar-refractivity contribution < 1.29 is 9.53 Å². The molecule has 1 aromatic rings. The second-order valence-electron chi connectivity index (χ2n) is 3.98. The molecule has 1 amide bonds. The van der Waals surface area contributed by atoms with Crippen LogP contribution < -0.4 is 10.6 Å². The highest BCUT2D eigenvalue weighted by atomic mass is 35.5. The van der Waals surface area contributed by atoms with Crippen LogP contribution in [0.4, 0.5) is 10.5 Å². The van der Waals surface area contributed by atoms with Gasteiger partial charge in [-0.1, -0.05) is 23.7 Å². The lowest BCUT2D eigenvalue weighted by molar-refractivity contribution is 0.0941. The molecule has 1 aromatic carbocycles. The van der Waals surface area contributed by atoms with Crippen molar-refractivity contribution in [3.8, 4) is 0 Å². The van der Waals surface area contributed by atoms with Gasteiger partial charge < -0.3 is 10.1 Å². The van der Waals surface area contributed by atoms with Gasteiger partial charge in [-0.2, -0.15) is 0 Å². The van der Waals surface area contributed by atoms with Crippen LogP contribution in [0.1, 0.15) is 12.8 Å². The second-order valence-corrected chi connectivity index (χ2v) is 4.39. The highest BCUT2D eigenvalue weighted by Crippen LogP contribution is 2.20. The summed E-state index contributed by atoms with van der Waals surface area (Å²) in [6, 6.07) is 7.08. The van der Waals surface area contributed by atoms with E-state index in [0.29, 0.717) is 10.7 Å². The van der Waals surface area contributed by atoms with Gasteiger partial charge in [-0.15, -0.1) is 0 Å². The minimum Gasteiger partial charge on any atom is -0.445 e. The number of amides is 1. The minimum atomic E-state index is -0.452. The Labute approximate surface area is 105 Å². The molecule has 0 aliphatic carbocycles. The lowest BCUT2D eigenvalue weighted by atomic mass is 10.1. The normalized spacial score (nSPS) is 19.7. The summed E-state index contributed by atoms with van der Waals surface area (Å²) >= 11 is 5.93. The van der Waals surface area contributed by atoms with Crippen molar-refractivity contribution in [3.63, 3.8) is 0 Å². The summed E-state index contributed by atoms with van der Waals surface area (Å²) in [5, 5.41) is 6.33. The first-order valence-electron chi connectivity index (χ1n) is 5.68. The zero-order chi connectivity index (χ0) is 12.1. The number of nitrogens with one attached hydrogen (secondary N) is 2. The molecule has 0 spiro atoms. The molecule has 1 saturated heterocycles. The zero-order valence-corrected chi connectivity index (χ0v) is 10.2. The van der Waals surface area contributed by atoms with Crippen LogP contribution in [0.25, 0.3) is 0 Å². The number of benzene rings is 1. The molecule has 0 bridgehead atoms. The zero-order valence-electron chi connectivity index (χ0n) is 9.41. The number of ether oxygens (including phenoxy) is 1. The molecule has 1 fully saturated rings. The number of hydrogen-bond acceptors (Lipinski definition) is 3.